The Morgan fingerprint density at radius 2 is 2.10 bits per heavy atom. The average molecular weight is 311 g/mol. The van der Waals surface area contributed by atoms with Crippen LogP contribution in [-0.4, -0.2) is 28.8 Å². The molecular weight excluding hydrogens is 292 g/mol. The maximum absolute atomic E-state index is 12.6. The van der Waals surface area contributed by atoms with Gasteiger partial charge in [-0.05, 0) is 36.8 Å². The summed E-state index contributed by atoms with van der Waals surface area (Å²) in [5.74, 6) is -0.298. The normalized spacial score (nSPS) is 17.0. The molecule has 0 saturated carbocycles. The summed E-state index contributed by atoms with van der Waals surface area (Å²) in [6.07, 6.45) is 2.95. The van der Waals surface area contributed by atoms with Crippen LogP contribution in [0.1, 0.15) is 43.5 Å². The highest BCUT2D eigenvalue weighted by atomic mass is 35.5. The number of nitrogens with zero attached hydrogens (tertiary/aromatic N) is 2. The maximum Gasteiger partial charge on any atom is 0.300 e. The van der Waals surface area contributed by atoms with Crippen molar-refractivity contribution in [3.8, 4) is 0 Å². The molecule has 1 fully saturated rings. The van der Waals surface area contributed by atoms with Gasteiger partial charge in [-0.1, -0.05) is 31.5 Å². The highest BCUT2D eigenvalue weighted by Gasteiger charge is 2.38. The molecule has 1 heterocycles. The van der Waals surface area contributed by atoms with Crippen LogP contribution in [0.5, 0.6) is 0 Å². The minimum Gasteiger partial charge on any atom is -0.338 e. The number of amides is 1. The maximum atomic E-state index is 12.6. The first kappa shape index (κ1) is 15.8. The van der Waals surface area contributed by atoms with Gasteiger partial charge < -0.3 is 4.90 Å². The van der Waals surface area contributed by atoms with Crippen LogP contribution in [0, 0.1) is 15.5 Å². The van der Waals surface area contributed by atoms with E-state index >= 15 is 0 Å². The van der Waals surface area contributed by atoms with Crippen LogP contribution < -0.4 is 0 Å². The van der Waals surface area contributed by atoms with Crippen molar-refractivity contribution in [2.45, 2.75) is 33.1 Å². The van der Waals surface area contributed by atoms with Crippen LogP contribution in [0.15, 0.2) is 18.2 Å². The number of benzene rings is 1. The Kier molecular flexibility index (Phi) is 4.52. The van der Waals surface area contributed by atoms with E-state index in [9.17, 15) is 14.9 Å². The van der Waals surface area contributed by atoms with Crippen molar-refractivity contribution >= 4 is 23.2 Å². The first-order valence-electron chi connectivity index (χ1n) is 7.16. The standard InChI is InChI=1S/C15H19ClN2O3/c1-3-15(4-2)8-9-17(10-15)14(19)11-6-5-7-12(16)13(11)18(20)21/h5-7H,3-4,8-10H2,1-2H3. The lowest BCUT2D eigenvalue weighted by Crippen LogP contribution is -2.32. The fraction of sp³-hybridized carbons (Fsp3) is 0.533. The fourth-order valence-electron chi connectivity index (χ4n) is 2.98. The quantitative estimate of drug-likeness (QED) is 0.626. The Balaban J connectivity index is 2.31. The van der Waals surface area contributed by atoms with Crippen LogP contribution in [0.2, 0.25) is 5.02 Å². The van der Waals surface area contributed by atoms with Gasteiger partial charge in [0.2, 0.25) is 0 Å². The number of nitro benzene ring substituents is 1. The number of hydrogen-bond acceptors (Lipinski definition) is 3. The van der Waals surface area contributed by atoms with Crippen molar-refractivity contribution in [3.05, 3.63) is 38.9 Å². The summed E-state index contributed by atoms with van der Waals surface area (Å²) in [6.45, 7) is 5.55. The van der Waals surface area contributed by atoms with E-state index in [1.54, 1.807) is 11.0 Å². The van der Waals surface area contributed by atoms with E-state index in [1.165, 1.54) is 12.1 Å². The first-order valence-corrected chi connectivity index (χ1v) is 7.54. The molecule has 0 aromatic heterocycles. The van der Waals surface area contributed by atoms with E-state index < -0.39 is 4.92 Å². The Morgan fingerprint density at radius 3 is 2.62 bits per heavy atom. The summed E-state index contributed by atoms with van der Waals surface area (Å²) in [7, 11) is 0. The second-order valence-corrected chi connectivity index (χ2v) is 5.98. The van der Waals surface area contributed by atoms with Crippen LogP contribution in [-0.2, 0) is 0 Å². The van der Waals surface area contributed by atoms with E-state index in [0.717, 1.165) is 19.3 Å². The zero-order valence-corrected chi connectivity index (χ0v) is 13.0. The third kappa shape index (κ3) is 2.88. The van der Waals surface area contributed by atoms with Gasteiger partial charge in [0.15, 0.2) is 0 Å². The van der Waals surface area contributed by atoms with E-state index in [1.807, 2.05) is 0 Å². The number of rotatable bonds is 4. The molecule has 114 valence electrons. The summed E-state index contributed by atoms with van der Waals surface area (Å²) in [4.78, 5) is 24.9. The number of halogens is 1. The van der Waals surface area contributed by atoms with Gasteiger partial charge in [-0.15, -0.1) is 0 Å². The minimum absolute atomic E-state index is 0.00212. The molecule has 5 nitrogen and oxygen atoms in total. The molecule has 0 radical (unpaired) electrons. The zero-order valence-electron chi connectivity index (χ0n) is 12.3. The molecule has 1 amide bonds. The molecule has 1 saturated heterocycles. The van der Waals surface area contributed by atoms with Gasteiger partial charge in [0.1, 0.15) is 10.6 Å². The summed E-state index contributed by atoms with van der Waals surface area (Å²) < 4.78 is 0. The number of likely N-dealkylation sites (tertiary alicyclic amines) is 1. The Bertz CT molecular complexity index is 570. The van der Waals surface area contributed by atoms with Gasteiger partial charge in [-0.2, -0.15) is 0 Å². The van der Waals surface area contributed by atoms with Crippen molar-refractivity contribution < 1.29 is 9.72 Å². The second kappa shape index (κ2) is 6.02. The number of nitro groups is 1. The summed E-state index contributed by atoms with van der Waals surface area (Å²) in [6, 6.07) is 4.48. The smallest absolute Gasteiger partial charge is 0.300 e. The molecule has 0 N–H and O–H groups in total. The molecule has 6 heteroatoms. The molecule has 1 aromatic carbocycles. The molecule has 0 aliphatic carbocycles. The van der Waals surface area contributed by atoms with Crippen molar-refractivity contribution in [3.63, 3.8) is 0 Å². The van der Waals surface area contributed by atoms with Gasteiger partial charge in [0, 0.05) is 13.1 Å². The Morgan fingerprint density at radius 1 is 1.43 bits per heavy atom. The van der Waals surface area contributed by atoms with E-state index in [0.29, 0.717) is 13.1 Å². The second-order valence-electron chi connectivity index (χ2n) is 5.58. The van der Waals surface area contributed by atoms with E-state index in [4.69, 9.17) is 11.6 Å². The lowest BCUT2D eigenvalue weighted by atomic mass is 9.82. The van der Waals surface area contributed by atoms with Gasteiger partial charge in [-0.25, -0.2) is 0 Å². The van der Waals surface area contributed by atoms with Crippen molar-refractivity contribution in [1.29, 1.82) is 0 Å². The average Bonchev–Trinajstić information content (AvgIpc) is 2.91. The van der Waals surface area contributed by atoms with Gasteiger partial charge in [0.25, 0.3) is 5.91 Å². The van der Waals surface area contributed by atoms with Gasteiger partial charge >= 0.3 is 5.69 Å². The molecular formula is C15H19ClN2O3. The number of carbonyl (C=O) groups excluding carboxylic acids is 1. The Hall–Kier alpha value is -1.62. The predicted octanol–water partition coefficient (Wildman–Crippen LogP) is 3.90. The molecule has 2 rings (SSSR count). The summed E-state index contributed by atoms with van der Waals surface area (Å²) in [5, 5.41) is 11.2. The molecule has 0 unspecified atom stereocenters. The van der Waals surface area contributed by atoms with E-state index in [-0.39, 0.29) is 27.6 Å². The minimum atomic E-state index is -0.585. The lowest BCUT2D eigenvalue weighted by Gasteiger charge is -2.26. The largest absolute Gasteiger partial charge is 0.338 e. The van der Waals surface area contributed by atoms with E-state index in [2.05, 4.69) is 13.8 Å². The van der Waals surface area contributed by atoms with Gasteiger partial charge in [-0.3, -0.25) is 14.9 Å². The van der Waals surface area contributed by atoms with Crippen LogP contribution in [0.25, 0.3) is 0 Å². The Labute approximate surface area is 129 Å². The van der Waals surface area contributed by atoms with Crippen molar-refractivity contribution in [2.24, 2.45) is 5.41 Å². The highest BCUT2D eigenvalue weighted by molar-refractivity contribution is 6.33. The van der Waals surface area contributed by atoms with Crippen molar-refractivity contribution in [1.82, 2.24) is 4.90 Å². The molecule has 1 aliphatic heterocycles. The van der Waals surface area contributed by atoms with Crippen molar-refractivity contribution in [2.75, 3.05) is 13.1 Å². The molecule has 0 atom stereocenters. The zero-order chi connectivity index (χ0) is 15.6. The van der Waals surface area contributed by atoms with Crippen LogP contribution in [0.3, 0.4) is 0 Å². The lowest BCUT2D eigenvalue weighted by molar-refractivity contribution is -0.385. The summed E-state index contributed by atoms with van der Waals surface area (Å²) in [5.41, 5.74) is -0.0756. The molecule has 0 bridgehead atoms. The SMILES string of the molecule is CCC1(CC)CCN(C(=O)c2cccc(Cl)c2[N+](=O)[O-])C1. The monoisotopic (exact) mass is 310 g/mol. The van der Waals surface area contributed by atoms with Gasteiger partial charge in [0.05, 0.1) is 4.92 Å². The number of hydrogen-bond donors (Lipinski definition) is 0. The third-order valence-corrected chi connectivity index (χ3v) is 4.93. The number of para-hydroxylation sites is 1. The first-order chi connectivity index (χ1) is 9.94. The highest BCUT2D eigenvalue weighted by Crippen LogP contribution is 2.38. The third-order valence-electron chi connectivity index (χ3n) is 4.63. The molecule has 1 aliphatic rings. The fourth-order valence-corrected chi connectivity index (χ4v) is 3.22. The molecule has 1 aromatic rings. The number of carbonyl (C=O) groups is 1. The summed E-state index contributed by atoms with van der Waals surface area (Å²) >= 11 is 5.87. The van der Waals surface area contributed by atoms with Crippen LogP contribution in [0.4, 0.5) is 5.69 Å². The molecule has 0 spiro atoms. The topological polar surface area (TPSA) is 63.5 Å². The predicted molar refractivity (Wildman–Crippen MR) is 81.6 cm³/mol. The molecule has 21 heavy (non-hydrogen) atoms. The van der Waals surface area contributed by atoms with Crippen LogP contribution >= 0.6 is 11.6 Å².